The highest BCUT2D eigenvalue weighted by atomic mass is 16.6. The molecule has 3 unspecified atom stereocenters. The maximum Gasteiger partial charge on any atom is 0.407 e. The minimum atomic E-state index is -0.481. The van der Waals surface area contributed by atoms with Crippen LogP contribution in [0.4, 0.5) is 4.79 Å². The van der Waals surface area contributed by atoms with Crippen LogP contribution in [-0.4, -0.2) is 30.8 Å². The van der Waals surface area contributed by atoms with Gasteiger partial charge in [0.15, 0.2) is 0 Å². The molecule has 2 aliphatic rings. The van der Waals surface area contributed by atoms with Crippen molar-refractivity contribution in [3.05, 3.63) is 34.9 Å². The zero-order chi connectivity index (χ0) is 19.6. The molecular weight excluding hydrogens is 342 g/mol. The van der Waals surface area contributed by atoms with Gasteiger partial charge in [0.05, 0.1) is 7.11 Å². The average molecular weight is 373 g/mol. The molecule has 0 aliphatic heterocycles. The van der Waals surface area contributed by atoms with E-state index in [0.29, 0.717) is 24.7 Å². The molecule has 1 saturated carbocycles. The molecule has 0 radical (unpaired) electrons. The van der Waals surface area contributed by atoms with Gasteiger partial charge in [0.1, 0.15) is 5.60 Å². The van der Waals surface area contributed by atoms with Crippen molar-refractivity contribution in [3.63, 3.8) is 0 Å². The Kier molecular flexibility index (Phi) is 5.78. The lowest BCUT2D eigenvalue weighted by Gasteiger charge is -2.26. The number of methoxy groups -OCH3 is 1. The maximum atomic E-state index is 12.3. The fourth-order valence-electron chi connectivity index (χ4n) is 4.45. The first-order valence-corrected chi connectivity index (χ1v) is 9.92. The average Bonchev–Trinajstić information content (AvgIpc) is 2.85. The summed E-state index contributed by atoms with van der Waals surface area (Å²) in [5.41, 5.74) is 3.43. The molecule has 1 aromatic carbocycles. The maximum absolute atomic E-state index is 12.3. The second kappa shape index (κ2) is 7.91. The van der Waals surface area contributed by atoms with Gasteiger partial charge in [-0.15, -0.1) is 0 Å². The number of rotatable bonds is 4. The SMILES string of the molecule is COC(=O)CCc1ccc2c(c1)CC1CCC(C2)C1NC(=O)OC(C)(C)C. The third kappa shape index (κ3) is 5.02. The molecule has 1 amide bonds. The summed E-state index contributed by atoms with van der Waals surface area (Å²) in [5.74, 6) is 0.731. The van der Waals surface area contributed by atoms with Gasteiger partial charge in [-0.25, -0.2) is 4.79 Å². The molecule has 0 saturated heterocycles. The Morgan fingerprint density at radius 2 is 1.78 bits per heavy atom. The van der Waals surface area contributed by atoms with Crippen molar-refractivity contribution >= 4 is 12.1 Å². The molecule has 27 heavy (non-hydrogen) atoms. The number of esters is 1. The van der Waals surface area contributed by atoms with Crippen LogP contribution in [0.1, 0.15) is 56.7 Å². The molecule has 5 heteroatoms. The molecule has 0 heterocycles. The Balaban J connectivity index is 1.69. The van der Waals surface area contributed by atoms with E-state index >= 15 is 0 Å². The summed E-state index contributed by atoms with van der Waals surface area (Å²) in [6, 6.07) is 6.74. The summed E-state index contributed by atoms with van der Waals surface area (Å²) in [6.07, 6.45) is 5.04. The van der Waals surface area contributed by atoms with Crippen molar-refractivity contribution in [2.24, 2.45) is 11.8 Å². The molecule has 1 fully saturated rings. The molecule has 3 rings (SSSR count). The summed E-state index contributed by atoms with van der Waals surface area (Å²) in [7, 11) is 1.42. The van der Waals surface area contributed by atoms with Crippen LogP contribution in [0.25, 0.3) is 0 Å². The lowest BCUT2D eigenvalue weighted by molar-refractivity contribution is -0.140. The molecule has 0 aromatic heterocycles. The van der Waals surface area contributed by atoms with Crippen LogP contribution in [-0.2, 0) is 33.5 Å². The quantitative estimate of drug-likeness (QED) is 0.815. The monoisotopic (exact) mass is 373 g/mol. The second-order valence-electron chi connectivity index (χ2n) is 8.86. The van der Waals surface area contributed by atoms with Crippen LogP contribution in [0.15, 0.2) is 18.2 Å². The standard InChI is InChI=1S/C22H31NO4/c1-22(2,3)27-21(25)23-20-16-8-9-17(20)13-18-11-14(5-7-15(18)12-16)6-10-19(24)26-4/h5,7,11,16-17,20H,6,8-10,12-13H2,1-4H3,(H,23,25). The van der Waals surface area contributed by atoms with Crippen molar-refractivity contribution in [1.29, 1.82) is 0 Å². The van der Waals surface area contributed by atoms with E-state index in [1.54, 1.807) is 0 Å². The number of carbonyl (C=O) groups is 2. The lowest BCUT2D eigenvalue weighted by Crippen LogP contribution is -2.44. The van der Waals surface area contributed by atoms with Crippen LogP contribution in [0.3, 0.4) is 0 Å². The van der Waals surface area contributed by atoms with Crippen molar-refractivity contribution in [1.82, 2.24) is 5.32 Å². The highest BCUT2D eigenvalue weighted by molar-refractivity contribution is 5.69. The predicted molar refractivity (Wildman–Crippen MR) is 104 cm³/mol. The first kappa shape index (κ1) is 19.7. The number of hydrogen-bond donors (Lipinski definition) is 1. The topological polar surface area (TPSA) is 64.6 Å². The fourth-order valence-corrected chi connectivity index (χ4v) is 4.45. The van der Waals surface area contributed by atoms with Crippen LogP contribution < -0.4 is 5.32 Å². The Morgan fingerprint density at radius 1 is 1.11 bits per heavy atom. The number of amides is 1. The van der Waals surface area contributed by atoms with Gasteiger partial charge in [0.25, 0.3) is 0 Å². The van der Waals surface area contributed by atoms with Gasteiger partial charge >= 0.3 is 12.1 Å². The molecule has 0 spiro atoms. The third-order valence-corrected chi connectivity index (χ3v) is 5.69. The number of ether oxygens (including phenoxy) is 2. The van der Waals surface area contributed by atoms with Gasteiger partial charge in [0, 0.05) is 12.5 Å². The number of fused-ring (bicyclic) bond motifs is 3. The first-order chi connectivity index (χ1) is 12.7. The molecule has 2 bridgehead atoms. The minimum Gasteiger partial charge on any atom is -0.469 e. The summed E-state index contributed by atoms with van der Waals surface area (Å²) in [6.45, 7) is 5.67. The molecule has 5 nitrogen and oxygen atoms in total. The highest BCUT2D eigenvalue weighted by Gasteiger charge is 2.40. The zero-order valence-corrected chi connectivity index (χ0v) is 16.8. The molecular formula is C22H31NO4. The van der Waals surface area contributed by atoms with E-state index in [4.69, 9.17) is 9.47 Å². The van der Waals surface area contributed by atoms with Gasteiger partial charge in [-0.2, -0.15) is 0 Å². The lowest BCUT2D eigenvalue weighted by atomic mass is 9.91. The van der Waals surface area contributed by atoms with Gasteiger partial charge < -0.3 is 14.8 Å². The minimum absolute atomic E-state index is 0.172. The van der Waals surface area contributed by atoms with Gasteiger partial charge in [-0.3, -0.25) is 4.79 Å². The number of benzene rings is 1. The van der Waals surface area contributed by atoms with Crippen LogP contribution in [0.5, 0.6) is 0 Å². The van der Waals surface area contributed by atoms with E-state index in [-0.39, 0.29) is 18.1 Å². The van der Waals surface area contributed by atoms with E-state index in [0.717, 1.165) is 25.7 Å². The Morgan fingerprint density at radius 3 is 2.41 bits per heavy atom. The molecule has 1 aromatic rings. The number of aryl methyl sites for hydroxylation is 1. The van der Waals surface area contributed by atoms with Crippen LogP contribution in [0.2, 0.25) is 0 Å². The van der Waals surface area contributed by atoms with E-state index in [1.807, 2.05) is 20.8 Å². The second-order valence-corrected chi connectivity index (χ2v) is 8.86. The number of alkyl carbamates (subject to hydrolysis) is 1. The normalized spacial score (nSPS) is 23.9. The van der Waals surface area contributed by atoms with Crippen molar-refractivity contribution in [2.75, 3.05) is 7.11 Å². The highest BCUT2D eigenvalue weighted by Crippen LogP contribution is 2.40. The van der Waals surface area contributed by atoms with Gasteiger partial charge in [0.2, 0.25) is 0 Å². The third-order valence-electron chi connectivity index (χ3n) is 5.69. The number of carbonyl (C=O) groups excluding carboxylic acids is 2. The molecule has 1 N–H and O–H groups in total. The van der Waals surface area contributed by atoms with Crippen molar-refractivity contribution in [3.8, 4) is 0 Å². The number of hydrogen-bond acceptors (Lipinski definition) is 4. The van der Waals surface area contributed by atoms with E-state index < -0.39 is 5.60 Å². The Labute approximate surface area is 161 Å². The van der Waals surface area contributed by atoms with Gasteiger partial charge in [-0.1, -0.05) is 18.2 Å². The summed E-state index contributed by atoms with van der Waals surface area (Å²) in [4.78, 5) is 23.7. The zero-order valence-electron chi connectivity index (χ0n) is 16.8. The summed E-state index contributed by atoms with van der Waals surface area (Å²) < 4.78 is 10.2. The Bertz CT molecular complexity index is 707. The summed E-state index contributed by atoms with van der Waals surface area (Å²) >= 11 is 0. The fraction of sp³-hybridized carbons (Fsp3) is 0.636. The van der Waals surface area contributed by atoms with Crippen molar-refractivity contribution < 1.29 is 19.1 Å². The molecule has 3 atom stereocenters. The summed E-state index contributed by atoms with van der Waals surface area (Å²) in [5, 5.41) is 3.15. The largest absolute Gasteiger partial charge is 0.469 e. The van der Waals surface area contributed by atoms with Crippen molar-refractivity contribution in [2.45, 2.75) is 70.9 Å². The smallest absolute Gasteiger partial charge is 0.407 e. The number of nitrogens with one attached hydrogen (secondary N) is 1. The molecule has 2 aliphatic carbocycles. The first-order valence-electron chi connectivity index (χ1n) is 9.92. The van der Waals surface area contributed by atoms with E-state index in [1.165, 1.54) is 23.8 Å². The van der Waals surface area contributed by atoms with E-state index in [9.17, 15) is 9.59 Å². The van der Waals surface area contributed by atoms with Crippen LogP contribution >= 0.6 is 0 Å². The van der Waals surface area contributed by atoms with E-state index in [2.05, 4.69) is 23.5 Å². The van der Waals surface area contributed by atoms with Gasteiger partial charge in [-0.05, 0) is 81.4 Å². The molecule has 148 valence electrons. The predicted octanol–water partition coefficient (Wildman–Crippen LogP) is 3.81. The van der Waals surface area contributed by atoms with Crippen LogP contribution in [0, 0.1) is 11.8 Å². The Hall–Kier alpha value is -2.04.